The number of amides is 1. The summed E-state index contributed by atoms with van der Waals surface area (Å²) in [6, 6.07) is 16.9. The minimum Gasteiger partial charge on any atom is -0.371 e. The first-order chi connectivity index (χ1) is 11.6. The van der Waals surface area contributed by atoms with Crippen LogP contribution in [0.3, 0.4) is 0 Å². The fourth-order valence-electron chi connectivity index (χ4n) is 3.31. The van der Waals surface area contributed by atoms with Crippen molar-refractivity contribution < 1.29 is 4.79 Å². The van der Waals surface area contributed by atoms with Gasteiger partial charge in [-0.2, -0.15) is 0 Å². The molecular weight excluding hydrogens is 296 g/mol. The average molecular weight is 322 g/mol. The summed E-state index contributed by atoms with van der Waals surface area (Å²) in [5, 5.41) is 3.10. The molecule has 1 fully saturated rings. The van der Waals surface area contributed by atoms with Gasteiger partial charge in [0.25, 0.3) is 0 Å². The van der Waals surface area contributed by atoms with Gasteiger partial charge in [0.15, 0.2) is 0 Å². The molecule has 1 aliphatic heterocycles. The molecule has 0 atom stereocenters. The lowest BCUT2D eigenvalue weighted by molar-refractivity contribution is -0.125. The largest absolute Gasteiger partial charge is 0.371 e. The SMILES string of the molecule is Cc1ccc(N2CCC(C(=O)NCc3cccc(C)c3)CC2)cc1. The molecule has 0 unspecified atom stereocenters. The Morgan fingerprint density at radius 1 is 1.04 bits per heavy atom. The van der Waals surface area contributed by atoms with Crippen molar-refractivity contribution in [3.05, 3.63) is 65.2 Å². The summed E-state index contributed by atoms with van der Waals surface area (Å²) in [5.41, 5.74) is 4.94. The van der Waals surface area contributed by atoms with Gasteiger partial charge in [-0.3, -0.25) is 4.79 Å². The number of rotatable bonds is 4. The van der Waals surface area contributed by atoms with Crippen molar-refractivity contribution in [2.24, 2.45) is 5.92 Å². The topological polar surface area (TPSA) is 32.3 Å². The molecule has 0 saturated carbocycles. The van der Waals surface area contributed by atoms with Crippen LogP contribution in [-0.4, -0.2) is 19.0 Å². The molecule has 0 aromatic heterocycles. The second-order valence-corrected chi connectivity index (χ2v) is 6.80. The number of hydrogen-bond acceptors (Lipinski definition) is 2. The molecule has 3 heteroatoms. The molecule has 3 rings (SSSR count). The number of hydrogen-bond donors (Lipinski definition) is 1. The van der Waals surface area contributed by atoms with E-state index in [1.807, 2.05) is 6.07 Å². The van der Waals surface area contributed by atoms with Gasteiger partial charge in [-0.05, 0) is 44.4 Å². The maximum absolute atomic E-state index is 12.4. The van der Waals surface area contributed by atoms with E-state index < -0.39 is 0 Å². The predicted octanol–water partition coefficient (Wildman–Crippen LogP) is 3.84. The minimum absolute atomic E-state index is 0.136. The first-order valence-corrected chi connectivity index (χ1v) is 8.77. The van der Waals surface area contributed by atoms with Crippen molar-refractivity contribution >= 4 is 11.6 Å². The molecule has 1 N–H and O–H groups in total. The zero-order valence-electron chi connectivity index (χ0n) is 14.6. The molecule has 24 heavy (non-hydrogen) atoms. The van der Waals surface area contributed by atoms with E-state index in [4.69, 9.17) is 0 Å². The highest BCUT2D eigenvalue weighted by Crippen LogP contribution is 2.23. The van der Waals surface area contributed by atoms with E-state index in [1.54, 1.807) is 0 Å². The van der Waals surface area contributed by atoms with E-state index in [0.717, 1.165) is 25.9 Å². The summed E-state index contributed by atoms with van der Waals surface area (Å²) < 4.78 is 0. The molecule has 0 bridgehead atoms. The lowest BCUT2D eigenvalue weighted by atomic mass is 9.95. The Morgan fingerprint density at radius 3 is 2.42 bits per heavy atom. The van der Waals surface area contributed by atoms with Gasteiger partial charge < -0.3 is 10.2 Å². The molecule has 1 amide bonds. The number of benzene rings is 2. The zero-order valence-corrected chi connectivity index (χ0v) is 14.6. The molecule has 1 aliphatic rings. The number of aryl methyl sites for hydroxylation is 2. The summed E-state index contributed by atoms with van der Waals surface area (Å²) in [4.78, 5) is 14.8. The van der Waals surface area contributed by atoms with Crippen LogP contribution in [0.4, 0.5) is 5.69 Å². The molecule has 3 nitrogen and oxygen atoms in total. The molecule has 0 radical (unpaired) electrons. The Hall–Kier alpha value is -2.29. The van der Waals surface area contributed by atoms with Crippen LogP contribution in [0.5, 0.6) is 0 Å². The van der Waals surface area contributed by atoms with E-state index in [0.29, 0.717) is 6.54 Å². The number of piperidine rings is 1. The molecular formula is C21H26N2O. The van der Waals surface area contributed by atoms with Gasteiger partial charge in [0.1, 0.15) is 0 Å². The monoisotopic (exact) mass is 322 g/mol. The van der Waals surface area contributed by atoms with Crippen LogP contribution in [0.2, 0.25) is 0 Å². The number of anilines is 1. The van der Waals surface area contributed by atoms with Crippen LogP contribution in [0.25, 0.3) is 0 Å². The van der Waals surface area contributed by atoms with Gasteiger partial charge in [0, 0.05) is 31.2 Å². The fourth-order valence-corrected chi connectivity index (χ4v) is 3.31. The summed E-state index contributed by atoms with van der Waals surface area (Å²) in [6.07, 6.45) is 1.85. The Morgan fingerprint density at radius 2 is 1.75 bits per heavy atom. The Labute approximate surface area is 144 Å². The van der Waals surface area contributed by atoms with Gasteiger partial charge in [0.2, 0.25) is 5.91 Å². The standard InChI is InChI=1S/C21H26N2O/c1-16-6-8-20(9-7-16)23-12-10-19(11-13-23)21(24)22-15-18-5-3-4-17(2)14-18/h3-9,14,19H,10-13,15H2,1-2H3,(H,22,24). The third-order valence-electron chi connectivity index (χ3n) is 4.81. The molecule has 0 spiro atoms. The van der Waals surface area contributed by atoms with Gasteiger partial charge in [-0.1, -0.05) is 47.5 Å². The normalized spacial score (nSPS) is 15.3. The zero-order chi connectivity index (χ0) is 16.9. The molecule has 126 valence electrons. The molecule has 2 aromatic carbocycles. The number of carbonyl (C=O) groups excluding carboxylic acids is 1. The Bertz CT molecular complexity index is 685. The second kappa shape index (κ2) is 7.52. The van der Waals surface area contributed by atoms with Crippen molar-refractivity contribution in [1.29, 1.82) is 0 Å². The predicted molar refractivity (Wildman–Crippen MR) is 99.1 cm³/mol. The molecule has 1 heterocycles. The first-order valence-electron chi connectivity index (χ1n) is 8.77. The lowest BCUT2D eigenvalue weighted by Gasteiger charge is -2.33. The second-order valence-electron chi connectivity index (χ2n) is 6.80. The van der Waals surface area contributed by atoms with Crippen LogP contribution in [0, 0.1) is 19.8 Å². The quantitative estimate of drug-likeness (QED) is 0.927. The van der Waals surface area contributed by atoms with Crippen molar-refractivity contribution in [2.75, 3.05) is 18.0 Å². The summed E-state index contributed by atoms with van der Waals surface area (Å²) in [5.74, 6) is 0.330. The highest BCUT2D eigenvalue weighted by Gasteiger charge is 2.24. The fraction of sp³-hybridized carbons (Fsp3) is 0.381. The third kappa shape index (κ3) is 4.16. The maximum Gasteiger partial charge on any atom is 0.223 e. The molecule has 0 aliphatic carbocycles. The van der Waals surface area contributed by atoms with E-state index >= 15 is 0 Å². The van der Waals surface area contributed by atoms with Crippen LogP contribution in [-0.2, 0) is 11.3 Å². The molecule has 2 aromatic rings. The van der Waals surface area contributed by atoms with Gasteiger partial charge >= 0.3 is 0 Å². The third-order valence-corrected chi connectivity index (χ3v) is 4.81. The van der Waals surface area contributed by atoms with Crippen LogP contribution >= 0.6 is 0 Å². The first kappa shape index (κ1) is 16.6. The molecule has 1 saturated heterocycles. The number of carbonyl (C=O) groups is 1. The smallest absolute Gasteiger partial charge is 0.223 e. The lowest BCUT2D eigenvalue weighted by Crippen LogP contribution is -2.40. The number of nitrogens with zero attached hydrogens (tertiary/aromatic N) is 1. The summed E-state index contributed by atoms with van der Waals surface area (Å²) in [6.45, 7) is 6.70. The van der Waals surface area contributed by atoms with Gasteiger partial charge in [-0.25, -0.2) is 0 Å². The Balaban J connectivity index is 1.49. The van der Waals surface area contributed by atoms with E-state index in [9.17, 15) is 4.79 Å². The van der Waals surface area contributed by atoms with E-state index in [1.165, 1.54) is 22.4 Å². The van der Waals surface area contributed by atoms with E-state index in [2.05, 4.69) is 66.5 Å². The van der Waals surface area contributed by atoms with Gasteiger partial charge in [0.05, 0.1) is 0 Å². The van der Waals surface area contributed by atoms with Crippen molar-refractivity contribution in [2.45, 2.75) is 33.2 Å². The van der Waals surface area contributed by atoms with Crippen LogP contribution in [0.1, 0.15) is 29.5 Å². The highest BCUT2D eigenvalue weighted by molar-refractivity contribution is 5.79. The summed E-state index contributed by atoms with van der Waals surface area (Å²) in [7, 11) is 0. The van der Waals surface area contributed by atoms with Crippen molar-refractivity contribution in [3.8, 4) is 0 Å². The van der Waals surface area contributed by atoms with Crippen molar-refractivity contribution in [3.63, 3.8) is 0 Å². The maximum atomic E-state index is 12.4. The Kier molecular flexibility index (Phi) is 5.19. The van der Waals surface area contributed by atoms with Gasteiger partial charge in [-0.15, -0.1) is 0 Å². The average Bonchev–Trinajstić information content (AvgIpc) is 2.61. The van der Waals surface area contributed by atoms with Crippen molar-refractivity contribution in [1.82, 2.24) is 5.32 Å². The minimum atomic E-state index is 0.136. The number of nitrogens with one attached hydrogen (secondary N) is 1. The van der Waals surface area contributed by atoms with Crippen LogP contribution < -0.4 is 10.2 Å². The van der Waals surface area contributed by atoms with Crippen LogP contribution in [0.15, 0.2) is 48.5 Å². The highest BCUT2D eigenvalue weighted by atomic mass is 16.1. The van der Waals surface area contributed by atoms with E-state index in [-0.39, 0.29) is 11.8 Å². The summed E-state index contributed by atoms with van der Waals surface area (Å²) >= 11 is 0.